The van der Waals surface area contributed by atoms with Gasteiger partial charge in [-0.05, 0) is 48.9 Å². The molecule has 1 saturated heterocycles. The van der Waals surface area contributed by atoms with Gasteiger partial charge in [-0.1, -0.05) is 29.9 Å². The van der Waals surface area contributed by atoms with Crippen molar-refractivity contribution in [1.29, 1.82) is 5.26 Å². The number of nitrogens with one attached hydrogen (secondary N) is 1. The first-order valence-electron chi connectivity index (χ1n) is 8.20. The molecule has 5 nitrogen and oxygen atoms in total. The first kappa shape index (κ1) is 19.8. The maximum atomic E-state index is 13.3. The van der Waals surface area contributed by atoms with Gasteiger partial charge in [0, 0.05) is 33.6 Å². The predicted octanol–water partition coefficient (Wildman–Crippen LogP) is 3.78. The van der Waals surface area contributed by atoms with Crippen LogP contribution in [0.4, 0.5) is 0 Å². The molecule has 0 bridgehead atoms. The van der Waals surface area contributed by atoms with Crippen LogP contribution in [0.1, 0.15) is 11.1 Å². The maximum Gasteiger partial charge on any atom is 0.244 e. The highest BCUT2D eigenvalue weighted by Gasteiger charge is 2.30. The molecule has 0 amide bonds. The molecule has 2 aromatic rings. The average Bonchev–Trinajstić information content (AvgIpc) is 2.61. The van der Waals surface area contributed by atoms with Gasteiger partial charge < -0.3 is 5.32 Å². The Morgan fingerprint density at radius 1 is 1.30 bits per heavy atom. The molecular formula is C19H18ClN3O2S2. The smallest absolute Gasteiger partial charge is 0.244 e. The zero-order chi connectivity index (χ0) is 19.6. The molecule has 140 valence electrons. The number of piperazine rings is 1. The summed E-state index contributed by atoms with van der Waals surface area (Å²) in [6.45, 7) is 6.81. The van der Waals surface area contributed by atoms with Gasteiger partial charge in [0.2, 0.25) is 10.0 Å². The summed E-state index contributed by atoms with van der Waals surface area (Å²) in [5, 5.41) is 12.9. The van der Waals surface area contributed by atoms with Crippen LogP contribution in [0, 0.1) is 18.3 Å². The SMILES string of the molecule is C=C1CN(S(=O)(=O)c2cc(C#N)ccc2Sc2cc(C)cc(Cl)c2)CCN1. The third kappa shape index (κ3) is 4.47. The van der Waals surface area contributed by atoms with E-state index in [0.29, 0.717) is 34.3 Å². The van der Waals surface area contributed by atoms with Crippen molar-refractivity contribution in [1.82, 2.24) is 9.62 Å². The molecule has 0 saturated carbocycles. The number of hydrogen-bond acceptors (Lipinski definition) is 5. The monoisotopic (exact) mass is 419 g/mol. The molecule has 27 heavy (non-hydrogen) atoms. The van der Waals surface area contributed by atoms with Crippen molar-refractivity contribution in [2.75, 3.05) is 19.6 Å². The molecule has 0 spiro atoms. The molecule has 8 heteroatoms. The Labute approximate surface area is 168 Å². The Kier molecular flexibility index (Phi) is 5.82. The van der Waals surface area contributed by atoms with Gasteiger partial charge in [-0.25, -0.2) is 8.42 Å². The van der Waals surface area contributed by atoms with Crippen LogP contribution < -0.4 is 5.32 Å². The Hall–Kier alpha value is -1.98. The second kappa shape index (κ2) is 7.95. The minimum atomic E-state index is -3.77. The van der Waals surface area contributed by atoms with Crippen molar-refractivity contribution >= 4 is 33.4 Å². The van der Waals surface area contributed by atoms with Gasteiger partial charge in [-0.3, -0.25) is 0 Å². The summed E-state index contributed by atoms with van der Waals surface area (Å²) >= 11 is 7.45. The van der Waals surface area contributed by atoms with Crippen LogP contribution in [-0.4, -0.2) is 32.4 Å². The maximum absolute atomic E-state index is 13.3. The summed E-state index contributed by atoms with van der Waals surface area (Å²) in [4.78, 5) is 1.52. The first-order chi connectivity index (χ1) is 12.8. The van der Waals surface area contributed by atoms with Crippen molar-refractivity contribution < 1.29 is 8.42 Å². The number of aryl methyl sites for hydroxylation is 1. The van der Waals surface area contributed by atoms with E-state index in [1.807, 2.05) is 25.1 Å². The predicted molar refractivity (Wildman–Crippen MR) is 107 cm³/mol. The minimum absolute atomic E-state index is 0.124. The lowest BCUT2D eigenvalue weighted by Gasteiger charge is -2.29. The second-order valence-electron chi connectivity index (χ2n) is 6.21. The van der Waals surface area contributed by atoms with Crippen molar-refractivity contribution in [2.45, 2.75) is 21.6 Å². The van der Waals surface area contributed by atoms with Gasteiger partial charge in [-0.15, -0.1) is 0 Å². The lowest BCUT2D eigenvalue weighted by Crippen LogP contribution is -2.44. The van der Waals surface area contributed by atoms with Crippen LogP contribution in [-0.2, 0) is 10.0 Å². The molecule has 3 rings (SSSR count). The summed E-state index contributed by atoms with van der Waals surface area (Å²) in [5.41, 5.74) is 1.94. The highest BCUT2D eigenvalue weighted by Crippen LogP contribution is 2.36. The van der Waals surface area contributed by atoms with Crippen LogP contribution in [0.2, 0.25) is 5.02 Å². The number of hydrogen-bond donors (Lipinski definition) is 1. The summed E-state index contributed by atoms with van der Waals surface area (Å²) in [6.07, 6.45) is 0. The third-order valence-electron chi connectivity index (χ3n) is 4.04. The van der Waals surface area contributed by atoms with Crippen LogP contribution in [0.25, 0.3) is 0 Å². The molecule has 0 aromatic heterocycles. The van der Waals surface area contributed by atoms with Crippen molar-refractivity contribution in [3.8, 4) is 6.07 Å². The van der Waals surface area contributed by atoms with Gasteiger partial charge in [-0.2, -0.15) is 9.57 Å². The number of benzene rings is 2. The molecule has 0 atom stereocenters. The number of rotatable bonds is 4. The Morgan fingerprint density at radius 2 is 2.07 bits per heavy atom. The third-order valence-corrected chi connectivity index (χ3v) is 7.32. The topological polar surface area (TPSA) is 73.2 Å². The van der Waals surface area contributed by atoms with Crippen molar-refractivity contribution in [3.05, 3.63) is 64.8 Å². The Morgan fingerprint density at radius 3 is 2.74 bits per heavy atom. The highest BCUT2D eigenvalue weighted by atomic mass is 35.5. The van der Waals surface area contributed by atoms with E-state index in [1.165, 1.54) is 22.1 Å². The fourth-order valence-corrected chi connectivity index (χ4v) is 6.11. The van der Waals surface area contributed by atoms with Gasteiger partial charge in [0.15, 0.2) is 0 Å². The van der Waals surface area contributed by atoms with E-state index in [4.69, 9.17) is 11.6 Å². The quantitative estimate of drug-likeness (QED) is 0.816. The molecule has 1 aliphatic rings. The standard InChI is InChI=1S/C19H18ClN3O2S2/c1-13-7-16(20)10-17(8-13)26-18-4-3-15(11-21)9-19(18)27(24,25)23-6-5-22-14(2)12-23/h3-4,7-10,22H,2,5-6,12H2,1H3. The summed E-state index contributed by atoms with van der Waals surface area (Å²) in [7, 11) is -3.77. The van der Waals surface area contributed by atoms with Crippen LogP contribution in [0.15, 0.2) is 63.4 Å². The van der Waals surface area contributed by atoms with Gasteiger partial charge in [0.05, 0.1) is 23.1 Å². The van der Waals surface area contributed by atoms with Crippen molar-refractivity contribution in [2.24, 2.45) is 0 Å². The van der Waals surface area contributed by atoms with Gasteiger partial charge in [0.1, 0.15) is 0 Å². The summed E-state index contributed by atoms with van der Waals surface area (Å²) in [5.74, 6) is 0. The van der Waals surface area contributed by atoms with Crippen LogP contribution in [0.3, 0.4) is 0 Å². The Bertz CT molecular complexity index is 1030. The van der Waals surface area contributed by atoms with Gasteiger partial charge >= 0.3 is 0 Å². The molecule has 2 aromatic carbocycles. The molecular weight excluding hydrogens is 402 g/mol. The fraction of sp³-hybridized carbons (Fsp3) is 0.211. The van der Waals surface area contributed by atoms with Crippen LogP contribution in [0.5, 0.6) is 0 Å². The molecule has 0 aliphatic carbocycles. The number of sulfonamides is 1. The molecule has 1 aliphatic heterocycles. The lowest BCUT2D eigenvalue weighted by atomic mass is 10.2. The lowest BCUT2D eigenvalue weighted by molar-refractivity contribution is 0.394. The average molecular weight is 420 g/mol. The normalized spacial score (nSPS) is 15.2. The van der Waals surface area contributed by atoms with E-state index in [2.05, 4.69) is 11.9 Å². The first-order valence-corrected chi connectivity index (χ1v) is 10.8. The zero-order valence-corrected chi connectivity index (χ0v) is 17.1. The summed E-state index contributed by atoms with van der Waals surface area (Å²) < 4.78 is 27.9. The van der Waals surface area contributed by atoms with Gasteiger partial charge in [0.25, 0.3) is 0 Å². The molecule has 1 fully saturated rings. The molecule has 0 unspecified atom stereocenters. The highest BCUT2D eigenvalue weighted by molar-refractivity contribution is 8.00. The number of nitriles is 1. The van der Waals surface area contributed by atoms with Crippen molar-refractivity contribution in [3.63, 3.8) is 0 Å². The van der Waals surface area contributed by atoms with E-state index in [0.717, 1.165) is 10.5 Å². The van der Waals surface area contributed by atoms with E-state index >= 15 is 0 Å². The summed E-state index contributed by atoms with van der Waals surface area (Å²) in [6, 6.07) is 12.3. The van der Waals surface area contributed by atoms with E-state index in [9.17, 15) is 13.7 Å². The Balaban J connectivity index is 2.05. The number of halogens is 1. The number of nitrogens with zero attached hydrogens (tertiary/aromatic N) is 2. The minimum Gasteiger partial charge on any atom is -0.386 e. The fourth-order valence-electron chi connectivity index (χ4n) is 2.80. The molecule has 1 N–H and O–H groups in total. The molecule has 1 heterocycles. The van der Waals surface area contributed by atoms with Crippen LogP contribution >= 0.6 is 23.4 Å². The largest absolute Gasteiger partial charge is 0.386 e. The second-order valence-corrected chi connectivity index (χ2v) is 9.67. The zero-order valence-electron chi connectivity index (χ0n) is 14.7. The van der Waals surface area contributed by atoms with E-state index in [1.54, 1.807) is 18.2 Å². The van der Waals surface area contributed by atoms with E-state index < -0.39 is 10.0 Å². The molecule has 0 radical (unpaired) electrons. The van der Waals surface area contributed by atoms with E-state index in [-0.39, 0.29) is 11.4 Å².